The Labute approximate surface area is 110 Å². The van der Waals surface area contributed by atoms with Gasteiger partial charge in [-0.15, -0.1) is 0 Å². The van der Waals surface area contributed by atoms with Gasteiger partial charge in [0.15, 0.2) is 0 Å². The molecule has 1 aliphatic heterocycles. The molecule has 0 bridgehead atoms. The number of amides is 1. The molecule has 0 aromatic heterocycles. The second-order valence-corrected chi connectivity index (χ2v) is 5.27. The van der Waals surface area contributed by atoms with Crippen LogP contribution in [0.2, 0.25) is 0 Å². The van der Waals surface area contributed by atoms with Crippen LogP contribution in [0.25, 0.3) is 0 Å². The lowest BCUT2D eigenvalue weighted by Crippen LogP contribution is -2.40. The van der Waals surface area contributed by atoms with Crippen molar-refractivity contribution in [2.45, 2.75) is 18.9 Å². The van der Waals surface area contributed by atoms with Crippen molar-refractivity contribution in [3.05, 3.63) is 34.3 Å². The molecule has 1 aromatic carbocycles. The number of halogens is 1. The number of nitrogens with one attached hydrogen (secondary N) is 1. The SMILES string of the molecule is CNCC1CCCN1C(=O)c1ccc(Br)cc1. The van der Waals surface area contributed by atoms with Crippen LogP contribution in [0.15, 0.2) is 28.7 Å². The van der Waals surface area contributed by atoms with Gasteiger partial charge in [0.25, 0.3) is 5.91 Å². The zero-order valence-electron chi connectivity index (χ0n) is 9.95. The van der Waals surface area contributed by atoms with Crippen molar-refractivity contribution < 1.29 is 4.79 Å². The Morgan fingerprint density at radius 1 is 1.47 bits per heavy atom. The molecule has 1 atom stereocenters. The second kappa shape index (κ2) is 5.65. The van der Waals surface area contributed by atoms with E-state index < -0.39 is 0 Å². The standard InChI is InChI=1S/C13H17BrN2O/c1-15-9-12-3-2-8-16(12)13(17)10-4-6-11(14)7-5-10/h4-7,12,15H,2-3,8-9H2,1H3. The highest BCUT2D eigenvalue weighted by molar-refractivity contribution is 9.10. The molecule has 0 spiro atoms. The van der Waals surface area contributed by atoms with Gasteiger partial charge in [0.1, 0.15) is 0 Å². The van der Waals surface area contributed by atoms with Gasteiger partial charge in [0.05, 0.1) is 0 Å². The number of likely N-dealkylation sites (N-methyl/N-ethyl adjacent to an activating group) is 1. The Bertz CT molecular complexity index is 391. The molecule has 92 valence electrons. The molecule has 1 N–H and O–H groups in total. The molecule has 17 heavy (non-hydrogen) atoms. The number of likely N-dealkylation sites (tertiary alicyclic amines) is 1. The predicted molar refractivity (Wildman–Crippen MR) is 72.1 cm³/mol. The van der Waals surface area contributed by atoms with E-state index in [0.29, 0.717) is 6.04 Å². The summed E-state index contributed by atoms with van der Waals surface area (Å²) < 4.78 is 1.00. The topological polar surface area (TPSA) is 32.3 Å². The number of hydrogen-bond donors (Lipinski definition) is 1. The minimum absolute atomic E-state index is 0.148. The zero-order chi connectivity index (χ0) is 12.3. The number of nitrogens with zero attached hydrogens (tertiary/aromatic N) is 1. The van der Waals surface area contributed by atoms with Crippen molar-refractivity contribution in [2.75, 3.05) is 20.1 Å². The van der Waals surface area contributed by atoms with Gasteiger partial charge in [-0.05, 0) is 44.2 Å². The van der Waals surface area contributed by atoms with Gasteiger partial charge >= 0.3 is 0 Å². The summed E-state index contributed by atoms with van der Waals surface area (Å²) in [6.07, 6.45) is 2.21. The lowest BCUT2D eigenvalue weighted by molar-refractivity contribution is 0.0737. The van der Waals surface area contributed by atoms with Crippen LogP contribution in [0, 0.1) is 0 Å². The van der Waals surface area contributed by atoms with Crippen LogP contribution in [0.4, 0.5) is 0 Å². The molecule has 3 nitrogen and oxygen atoms in total. The van der Waals surface area contributed by atoms with Crippen LogP contribution in [0.3, 0.4) is 0 Å². The average Bonchev–Trinajstić information content (AvgIpc) is 2.78. The van der Waals surface area contributed by atoms with Crippen molar-refractivity contribution in [1.82, 2.24) is 10.2 Å². The van der Waals surface area contributed by atoms with E-state index in [9.17, 15) is 4.79 Å². The van der Waals surface area contributed by atoms with Crippen LogP contribution in [0.1, 0.15) is 23.2 Å². The van der Waals surface area contributed by atoms with Crippen LogP contribution in [-0.4, -0.2) is 37.0 Å². The summed E-state index contributed by atoms with van der Waals surface area (Å²) in [5.41, 5.74) is 0.774. The first-order valence-corrected chi connectivity index (χ1v) is 6.73. The molecular formula is C13H17BrN2O. The van der Waals surface area contributed by atoms with Crippen molar-refractivity contribution >= 4 is 21.8 Å². The summed E-state index contributed by atoms with van der Waals surface area (Å²) >= 11 is 3.38. The number of rotatable bonds is 3. The number of hydrogen-bond acceptors (Lipinski definition) is 2. The van der Waals surface area contributed by atoms with Gasteiger partial charge in [-0.25, -0.2) is 0 Å². The van der Waals surface area contributed by atoms with Crippen molar-refractivity contribution in [3.63, 3.8) is 0 Å². The van der Waals surface area contributed by atoms with Gasteiger partial charge in [-0.3, -0.25) is 4.79 Å². The maximum absolute atomic E-state index is 12.3. The van der Waals surface area contributed by atoms with Gasteiger partial charge in [-0.2, -0.15) is 0 Å². The summed E-state index contributed by atoms with van der Waals surface area (Å²) in [4.78, 5) is 14.3. The number of carbonyl (C=O) groups is 1. The molecule has 1 amide bonds. The molecule has 1 heterocycles. The van der Waals surface area contributed by atoms with E-state index in [1.807, 2.05) is 36.2 Å². The number of benzene rings is 1. The lowest BCUT2D eigenvalue weighted by atomic mass is 10.1. The molecule has 1 aliphatic rings. The molecular weight excluding hydrogens is 280 g/mol. The minimum atomic E-state index is 0.148. The minimum Gasteiger partial charge on any atom is -0.334 e. The first-order valence-electron chi connectivity index (χ1n) is 5.93. The third kappa shape index (κ3) is 2.87. The van der Waals surface area contributed by atoms with Gasteiger partial charge in [0.2, 0.25) is 0 Å². The second-order valence-electron chi connectivity index (χ2n) is 4.36. The fraction of sp³-hybridized carbons (Fsp3) is 0.462. The summed E-state index contributed by atoms with van der Waals surface area (Å²) in [7, 11) is 1.93. The molecule has 4 heteroatoms. The molecule has 1 aromatic rings. The first kappa shape index (κ1) is 12.6. The first-order chi connectivity index (χ1) is 8.22. The fourth-order valence-electron chi connectivity index (χ4n) is 2.31. The van der Waals surface area contributed by atoms with E-state index in [1.165, 1.54) is 0 Å². The van der Waals surface area contributed by atoms with E-state index >= 15 is 0 Å². The van der Waals surface area contributed by atoms with Gasteiger partial charge in [-0.1, -0.05) is 15.9 Å². The van der Waals surface area contributed by atoms with E-state index in [0.717, 1.165) is 36.0 Å². The third-order valence-corrected chi connectivity index (χ3v) is 3.70. The Morgan fingerprint density at radius 2 is 2.18 bits per heavy atom. The van der Waals surface area contributed by atoms with Crippen molar-refractivity contribution in [1.29, 1.82) is 0 Å². The molecule has 1 fully saturated rings. The summed E-state index contributed by atoms with van der Waals surface area (Å²) in [5, 5.41) is 3.15. The van der Waals surface area contributed by atoms with E-state index in [4.69, 9.17) is 0 Å². The quantitative estimate of drug-likeness (QED) is 0.928. The van der Waals surface area contributed by atoms with Crippen LogP contribution >= 0.6 is 15.9 Å². The zero-order valence-corrected chi connectivity index (χ0v) is 11.5. The molecule has 0 saturated carbocycles. The van der Waals surface area contributed by atoms with Crippen LogP contribution in [-0.2, 0) is 0 Å². The molecule has 2 rings (SSSR count). The molecule has 1 saturated heterocycles. The van der Waals surface area contributed by atoms with Crippen LogP contribution in [0.5, 0.6) is 0 Å². The highest BCUT2D eigenvalue weighted by atomic mass is 79.9. The molecule has 0 radical (unpaired) electrons. The Kier molecular flexibility index (Phi) is 4.18. The van der Waals surface area contributed by atoms with Gasteiger partial charge < -0.3 is 10.2 Å². The highest BCUT2D eigenvalue weighted by Crippen LogP contribution is 2.20. The van der Waals surface area contributed by atoms with Gasteiger partial charge in [0, 0.05) is 29.2 Å². The summed E-state index contributed by atoms with van der Waals surface area (Å²) in [6.45, 7) is 1.75. The lowest BCUT2D eigenvalue weighted by Gasteiger charge is -2.24. The van der Waals surface area contributed by atoms with E-state index in [1.54, 1.807) is 0 Å². The molecule has 1 unspecified atom stereocenters. The van der Waals surface area contributed by atoms with Crippen LogP contribution < -0.4 is 5.32 Å². The maximum Gasteiger partial charge on any atom is 0.254 e. The highest BCUT2D eigenvalue weighted by Gasteiger charge is 2.28. The predicted octanol–water partition coefficient (Wildman–Crippen LogP) is 2.27. The Morgan fingerprint density at radius 3 is 2.82 bits per heavy atom. The summed E-state index contributed by atoms with van der Waals surface area (Å²) in [5.74, 6) is 0.148. The maximum atomic E-state index is 12.3. The van der Waals surface area contributed by atoms with Crippen molar-refractivity contribution in [3.8, 4) is 0 Å². The monoisotopic (exact) mass is 296 g/mol. The van der Waals surface area contributed by atoms with E-state index in [-0.39, 0.29) is 5.91 Å². The van der Waals surface area contributed by atoms with Crippen molar-refractivity contribution in [2.24, 2.45) is 0 Å². The smallest absolute Gasteiger partial charge is 0.254 e. The fourth-order valence-corrected chi connectivity index (χ4v) is 2.57. The molecule has 0 aliphatic carbocycles. The largest absolute Gasteiger partial charge is 0.334 e. The Balaban J connectivity index is 2.11. The summed E-state index contributed by atoms with van der Waals surface area (Å²) in [6, 6.07) is 7.92. The van der Waals surface area contributed by atoms with E-state index in [2.05, 4.69) is 21.2 Å². The Hall–Kier alpha value is -0.870. The average molecular weight is 297 g/mol. The normalized spacial score (nSPS) is 19.6. The third-order valence-electron chi connectivity index (χ3n) is 3.17. The number of carbonyl (C=O) groups excluding carboxylic acids is 1.